The number of hydrogen-bond donors (Lipinski definition) is 0. The Balaban J connectivity index is 1.47. The van der Waals surface area contributed by atoms with Gasteiger partial charge in [-0.05, 0) is 40.8 Å². The fraction of sp³-hybridized carbons (Fsp3) is 0.154. The van der Waals surface area contributed by atoms with Gasteiger partial charge in [0, 0.05) is 6.07 Å². The summed E-state index contributed by atoms with van der Waals surface area (Å²) in [6.07, 6.45) is 1.91. The molecular formula is C26H22O4. The lowest BCUT2D eigenvalue weighted by molar-refractivity contribution is -0.133. The summed E-state index contributed by atoms with van der Waals surface area (Å²) in [4.78, 5) is 24.8. The molecule has 0 aliphatic carbocycles. The van der Waals surface area contributed by atoms with E-state index < -0.39 is 0 Å². The second kappa shape index (κ2) is 8.37. The van der Waals surface area contributed by atoms with Gasteiger partial charge in [0.1, 0.15) is 11.5 Å². The highest BCUT2D eigenvalue weighted by atomic mass is 16.5. The summed E-state index contributed by atoms with van der Waals surface area (Å²) in [5.41, 5.74) is 3.47. The van der Waals surface area contributed by atoms with Crippen molar-refractivity contribution >= 4 is 17.8 Å². The maximum atomic E-state index is 12.6. The van der Waals surface area contributed by atoms with Crippen molar-refractivity contribution in [3.63, 3.8) is 0 Å². The minimum atomic E-state index is -0.369. The summed E-state index contributed by atoms with van der Waals surface area (Å²) in [7, 11) is 0. The predicted molar refractivity (Wildman–Crippen MR) is 116 cm³/mol. The molecule has 4 heteroatoms. The highest BCUT2D eigenvalue weighted by Gasteiger charge is 2.28. The molecule has 30 heavy (non-hydrogen) atoms. The van der Waals surface area contributed by atoms with Crippen LogP contribution >= 0.6 is 0 Å². The van der Waals surface area contributed by atoms with Gasteiger partial charge in [-0.15, -0.1) is 0 Å². The fourth-order valence-electron chi connectivity index (χ4n) is 3.29. The van der Waals surface area contributed by atoms with Crippen LogP contribution in [0.3, 0.4) is 0 Å². The number of ketones is 1. The van der Waals surface area contributed by atoms with Crippen LogP contribution in [0.5, 0.6) is 11.5 Å². The van der Waals surface area contributed by atoms with Crippen molar-refractivity contribution in [3.8, 4) is 11.5 Å². The molecular weight excluding hydrogens is 376 g/mol. The first-order valence-corrected chi connectivity index (χ1v) is 9.92. The number of ether oxygens (including phenoxy) is 2. The summed E-state index contributed by atoms with van der Waals surface area (Å²) < 4.78 is 11.2. The molecule has 0 amide bonds. The van der Waals surface area contributed by atoms with E-state index in [-0.39, 0.29) is 23.9 Å². The van der Waals surface area contributed by atoms with Crippen LogP contribution in [0.2, 0.25) is 0 Å². The third kappa shape index (κ3) is 4.33. The molecule has 150 valence electrons. The van der Waals surface area contributed by atoms with Crippen molar-refractivity contribution < 1.29 is 19.1 Å². The SMILES string of the molecule is CC(C)c1ccc(/C=C2\Oc3cc(OC(=O)Cc4ccccc4)ccc3C2=O)cc1. The molecule has 0 unspecified atom stereocenters. The zero-order valence-electron chi connectivity index (χ0n) is 16.9. The molecule has 0 saturated heterocycles. The van der Waals surface area contributed by atoms with Crippen molar-refractivity contribution in [2.45, 2.75) is 26.2 Å². The van der Waals surface area contributed by atoms with Gasteiger partial charge in [0.25, 0.3) is 0 Å². The Labute approximate surface area is 175 Å². The quantitative estimate of drug-likeness (QED) is 0.320. The van der Waals surface area contributed by atoms with Crippen molar-refractivity contribution in [2.24, 2.45) is 0 Å². The average molecular weight is 398 g/mol. The molecule has 0 saturated carbocycles. The first kappa shape index (κ1) is 19.6. The molecule has 0 radical (unpaired) electrons. The molecule has 0 atom stereocenters. The second-order valence-corrected chi connectivity index (χ2v) is 7.56. The Morgan fingerprint density at radius 3 is 2.43 bits per heavy atom. The van der Waals surface area contributed by atoms with E-state index in [4.69, 9.17) is 9.47 Å². The van der Waals surface area contributed by atoms with E-state index >= 15 is 0 Å². The first-order valence-electron chi connectivity index (χ1n) is 9.92. The standard InChI is InChI=1S/C26H22O4/c1-17(2)20-10-8-19(9-11-20)14-24-26(28)22-13-12-21(16-23(22)30-24)29-25(27)15-18-6-4-3-5-7-18/h3-14,16-17H,15H2,1-2H3/b24-14-. The Hall–Kier alpha value is -3.66. The average Bonchev–Trinajstić information content (AvgIpc) is 3.04. The molecule has 1 aliphatic rings. The molecule has 1 heterocycles. The number of carbonyl (C=O) groups is 2. The molecule has 0 N–H and O–H groups in total. The number of esters is 1. The highest BCUT2D eigenvalue weighted by molar-refractivity contribution is 6.14. The van der Waals surface area contributed by atoms with Crippen LogP contribution in [0.25, 0.3) is 6.08 Å². The highest BCUT2D eigenvalue weighted by Crippen LogP contribution is 2.35. The zero-order valence-corrected chi connectivity index (χ0v) is 16.9. The van der Waals surface area contributed by atoms with E-state index in [1.165, 1.54) is 5.56 Å². The van der Waals surface area contributed by atoms with Crippen molar-refractivity contribution in [1.82, 2.24) is 0 Å². The Bertz CT molecular complexity index is 1110. The van der Waals surface area contributed by atoms with Gasteiger partial charge in [-0.2, -0.15) is 0 Å². The molecule has 4 rings (SSSR count). The number of fused-ring (bicyclic) bond motifs is 1. The van der Waals surface area contributed by atoms with E-state index in [0.717, 1.165) is 11.1 Å². The van der Waals surface area contributed by atoms with Crippen LogP contribution in [0.1, 0.15) is 46.8 Å². The monoisotopic (exact) mass is 398 g/mol. The molecule has 1 aliphatic heterocycles. The van der Waals surface area contributed by atoms with Gasteiger partial charge in [-0.25, -0.2) is 0 Å². The summed E-state index contributed by atoms with van der Waals surface area (Å²) in [5.74, 6) is 0.907. The molecule has 3 aromatic rings. The predicted octanol–water partition coefficient (Wildman–Crippen LogP) is 5.57. The van der Waals surface area contributed by atoms with E-state index in [0.29, 0.717) is 23.0 Å². The third-order valence-electron chi connectivity index (χ3n) is 4.97. The minimum Gasteiger partial charge on any atom is -0.452 e. The van der Waals surface area contributed by atoms with E-state index in [1.807, 2.05) is 54.6 Å². The summed E-state index contributed by atoms with van der Waals surface area (Å²) in [5, 5.41) is 0. The van der Waals surface area contributed by atoms with Crippen molar-refractivity contribution in [1.29, 1.82) is 0 Å². The van der Waals surface area contributed by atoms with E-state index in [9.17, 15) is 9.59 Å². The van der Waals surface area contributed by atoms with Gasteiger partial charge < -0.3 is 9.47 Å². The van der Waals surface area contributed by atoms with Gasteiger partial charge >= 0.3 is 5.97 Å². The van der Waals surface area contributed by atoms with Gasteiger partial charge in [0.15, 0.2) is 5.76 Å². The van der Waals surface area contributed by atoms with Crippen LogP contribution < -0.4 is 9.47 Å². The number of carbonyl (C=O) groups excluding carboxylic acids is 2. The van der Waals surface area contributed by atoms with E-state index in [1.54, 1.807) is 24.3 Å². The van der Waals surface area contributed by atoms with Gasteiger partial charge in [0.05, 0.1) is 12.0 Å². The molecule has 4 nitrogen and oxygen atoms in total. The van der Waals surface area contributed by atoms with Gasteiger partial charge in [-0.1, -0.05) is 68.4 Å². The van der Waals surface area contributed by atoms with Crippen molar-refractivity contribution in [2.75, 3.05) is 0 Å². The smallest absolute Gasteiger partial charge is 0.315 e. The van der Waals surface area contributed by atoms with Crippen LogP contribution in [-0.4, -0.2) is 11.8 Å². The summed E-state index contributed by atoms with van der Waals surface area (Å²) >= 11 is 0. The van der Waals surface area contributed by atoms with Crippen molar-refractivity contribution in [3.05, 3.63) is 101 Å². The first-order chi connectivity index (χ1) is 14.5. The number of rotatable bonds is 5. The maximum Gasteiger partial charge on any atom is 0.315 e. The number of allylic oxidation sites excluding steroid dienone is 1. The van der Waals surface area contributed by atoms with Crippen LogP contribution in [0, 0.1) is 0 Å². The van der Waals surface area contributed by atoms with Crippen LogP contribution in [0.4, 0.5) is 0 Å². The zero-order chi connectivity index (χ0) is 21.1. The lowest BCUT2D eigenvalue weighted by atomic mass is 10.0. The lowest BCUT2D eigenvalue weighted by Crippen LogP contribution is -2.11. The molecule has 0 spiro atoms. The second-order valence-electron chi connectivity index (χ2n) is 7.56. The normalized spacial score (nSPS) is 14.0. The number of hydrogen-bond acceptors (Lipinski definition) is 4. The van der Waals surface area contributed by atoms with Gasteiger partial charge in [0.2, 0.25) is 5.78 Å². The number of Topliss-reactive ketones (excluding diaryl/α,β-unsaturated/α-hetero) is 1. The topological polar surface area (TPSA) is 52.6 Å². The Morgan fingerprint density at radius 2 is 1.73 bits per heavy atom. The van der Waals surface area contributed by atoms with Crippen LogP contribution in [0.15, 0.2) is 78.6 Å². The third-order valence-corrected chi connectivity index (χ3v) is 4.97. The number of benzene rings is 3. The largest absolute Gasteiger partial charge is 0.452 e. The van der Waals surface area contributed by atoms with E-state index in [2.05, 4.69) is 13.8 Å². The maximum absolute atomic E-state index is 12.6. The minimum absolute atomic E-state index is 0.176. The molecule has 0 fully saturated rings. The Kier molecular flexibility index (Phi) is 5.48. The molecule has 0 aromatic heterocycles. The van der Waals surface area contributed by atoms with Gasteiger partial charge in [-0.3, -0.25) is 9.59 Å². The Morgan fingerprint density at radius 1 is 1.00 bits per heavy atom. The molecule has 3 aromatic carbocycles. The fourth-order valence-corrected chi connectivity index (χ4v) is 3.29. The molecule has 0 bridgehead atoms. The lowest BCUT2D eigenvalue weighted by Gasteiger charge is -2.06. The summed E-state index contributed by atoms with van der Waals surface area (Å²) in [6.45, 7) is 4.27. The van der Waals surface area contributed by atoms with Crippen LogP contribution in [-0.2, 0) is 11.2 Å². The summed E-state index contributed by atoms with van der Waals surface area (Å²) in [6, 6.07) is 22.3.